The van der Waals surface area contributed by atoms with E-state index in [2.05, 4.69) is 15.0 Å². The molecule has 5 nitrogen and oxygen atoms in total. The van der Waals surface area contributed by atoms with E-state index < -0.39 is 0 Å². The number of hydrogen-bond acceptors (Lipinski definition) is 6. The highest BCUT2D eigenvalue weighted by molar-refractivity contribution is 7.09. The van der Waals surface area contributed by atoms with E-state index in [1.165, 1.54) is 4.88 Å². The van der Waals surface area contributed by atoms with Crippen molar-refractivity contribution in [3.8, 4) is 5.88 Å². The topological polar surface area (TPSA) is 73.9 Å². The summed E-state index contributed by atoms with van der Waals surface area (Å²) < 4.78 is 5.55. The van der Waals surface area contributed by atoms with E-state index in [0.717, 1.165) is 12.1 Å². The molecule has 0 spiro atoms. The minimum atomic E-state index is 0.144. The van der Waals surface area contributed by atoms with E-state index in [4.69, 9.17) is 22.1 Å². The monoisotopic (exact) mass is 284 g/mol. The van der Waals surface area contributed by atoms with Crippen molar-refractivity contribution in [2.24, 2.45) is 0 Å². The molecule has 0 saturated heterocycles. The first-order valence-electron chi connectivity index (χ1n) is 5.39. The number of thiazole rings is 1. The lowest BCUT2D eigenvalue weighted by Gasteiger charge is -2.09. The fraction of sp³-hybridized carbons (Fsp3) is 0.364. The number of hydrogen-bond donors (Lipinski definition) is 1. The Morgan fingerprint density at radius 2 is 2.11 bits per heavy atom. The van der Waals surface area contributed by atoms with Gasteiger partial charge in [-0.3, -0.25) is 0 Å². The van der Waals surface area contributed by atoms with Crippen molar-refractivity contribution in [3.05, 3.63) is 27.1 Å². The maximum absolute atomic E-state index is 5.82. The smallest absolute Gasteiger partial charge is 0.241 e. The van der Waals surface area contributed by atoms with Crippen LogP contribution in [0.1, 0.15) is 16.3 Å². The number of nitrogen functional groups attached to an aromatic ring is 1. The Hall–Kier alpha value is -1.40. The van der Waals surface area contributed by atoms with E-state index in [-0.39, 0.29) is 5.28 Å². The molecule has 2 heterocycles. The van der Waals surface area contributed by atoms with Gasteiger partial charge in [-0.25, -0.2) is 9.97 Å². The van der Waals surface area contributed by atoms with Crippen LogP contribution in [0.2, 0.25) is 5.28 Å². The normalized spacial score (nSPS) is 10.6. The van der Waals surface area contributed by atoms with Gasteiger partial charge in [0.25, 0.3) is 0 Å². The summed E-state index contributed by atoms with van der Waals surface area (Å²) >= 11 is 7.37. The standard InChI is InChI=1S/C11H13ClN4OS/c1-6-8(18-5-14-6)3-4-17-10-9(13)7(2)15-11(12)16-10/h5H,3-4,13H2,1-2H3. The third-order valence-electron chi connectivity index (χ3n) is 2.49. The minimum absolute atomic E-state index is 0.144. The molecule has 0 aliphatic carbocycles. The van der Waals surface area contributed by atoms with Crippen LogP contribution in [0.5, 0.6) is 5.88 Å². The summed E-state index contributed by atoms with van der Waals surface area (Å²) in [7, 11) is 0. The van der Waals surface area contributed by atoms with E-state index >= 15 is 0 Å². The molecule has 0 unspecified atom stereocenters. The lowest BCUT2D eigenvalue weighted by molar-refractivity contribution is 0.311. The van der Waals surface area contributed by atoms with Gasteiger partial charge in [-0.15, -0.1) is 11.3 Å². The third kappa shape index (κ3) is 2.88. The maximum Gasteiger partial charge on any atom is 0.241 e. The van der Waals surface area contributed by atoms with Gasteiger partial charge in [-0.05, 0) is 25.4 Å². The second kappa shape index (κ2) is 5.49. The average molecular weight is 285 g/mol. The van der Waals surface area contributed by atoms with Crippen LogP contribution in [-0.4, -0.2) is 21.6 Å². The molecule has 0 atom stereocenters. The lowest BCUT2D eigenvalue weighted by Crippen LogP contribution is -2.07. The fourth-order valence-corrected chi connectivity index (χ4v) is 2.40. The van der Waals surface area contributed by atoms with Crippen molar-refractivity contribution in [2.45, 2.75) is 20.3 Å². The van der Waals surface area contributed by atoms with Gasteiger partial charge in [0.05, 0.1) is 23.5 Å². The van der Waals surface area contributed by atoms with E-state index in [9.17, 15) is 0 Å². The molecule has 0 fully saturated rings. The molecule has 0 saturated carbocycles. The molecule has 2 aromatic heterocycles. The Morgan fingerprint density at radius 1 is 1.33 bits per heavy atom. The Balaban J connectivity index is 2.01. The number of ether oxygens (including phenoxy) is 1. The van der Waals surface area contributed by atoms with Crippen molar-refractivity contribution in [1.29, 1.82) is 0 Å². The van der Waals surface area contributed by atoms with Gasteiger partial charge in [0.15, 0.2) is 0 Å². The number of aromatic nitrogens is 3. The SMILES string of the molecule is Cc1ncsc1CCOc1nc(Cl)nc(C)c1N. The molecule has 0 aliphatic heterocycles. The zero-order valence-electron chi connectivity index (χ0n) is 10.1. The summed E-state index contributed by atoms with van der Waals surface area (Å²) in [4.78, 5) is 13.3. The molecule has 18 heavy (non-hydrogen) atoms. The number of nitrogens with zero attached hydrogens (tertiary/aromatic N) is 3. The highest BCUT2D eigenvalue weighted by Crippen LogP contribution is 2.23. The van der Waals surface area contributed by atoms with Gasteiger partial charge >= 0.3 is 0 Å². The molecular weight excluding hydrogens is 272 g/mol. The Labute approximate surface area is 114 Å². The maximum atomic E-state index is 5.82. The number of rotatable bonds is 4. The Morgan fingerprint density at radius 3 is 2.78 bits per heavy atom. The molecule has 0 radical (unpaired) electrons. The van der Waals surface area contributed by atoms with Crippen LogP contribution in [-0.2, 0) is 6.42 Å². The molecule has 7 heteroatoms. The summed E-state index contributed by atoms with van der Waals surface area (Å²) in [6.07, 6.45) is 0.774. The van der Waals surface area contributed by atoms with E-state index in [1.807, 2.05) is 12.4 Å². The van der Waals surface area contributed by atoms with Crippen molar-refractivity contribution < 1.29 is 4.74 Å². The molecule has 96 valence electrons. The van der Waals surface area contributed by atoms with Crippen molar-refractivity contribution in [2.75, 3.05) is 12.3 Å². The van der Waals surface area contributed by atoms with Crippen LogP contribution in [0.25, 0.3) is 0 Å². The van der Waals surface area contributed by atoms with Gasteiger partial charge < -0.3 is 10.5 Å². The molecule has 2 aromatic rings. The number of nitrogens with two attached hydrogens (primary N) is 1. The van der Waals surface area contributed by atoms with Crippen LogP contribution in [0.4, 0.5) is 5.69 Å². The van der Waals surface area contributed by atoms with Gasteiger partial charge in [0.1, 0.15) is 5.69 Å². The van der Waals surface area contributed by atoms with Gasteiger partial charge in [-0.1, -0.05) is 0 Å². The van der Waals surface area contributed by atoms with Gasteiger partial charge in [0, 0.05) is 11.3 Å². The van der Waals surface area contributed by atoms with Crippen molar-refractivity contribution in [3.63, 3.8) is 0 Å². The van der Waals surface area contributed by atoms with Crippen LogP contribution < -0.4 is 10.5 Å². The summed E-state index contributed by atoms with van der Waals surface area (Å²) in [5, 5.41) is 0.144. The highest BCUT2D eigenvalue weighted by atomic mass is 35.5. The number of anilines is 1. The summed E-state index contributed by atoms with van der Waals surface area (Å²) in [6, 6.07) is 0. The minimum Gasteiger partial charge on any atom is -0.476 e. The predicted molar refractivity (Wildman–Crippen MR) is 72.2 cm³/mol. The molecule has 0 aliphatic rings. The van der Waals surface area contributed by atoms with Gasteiger partial charge in [-0.2, -0.15) is 4.98 Å². The first kappa shape index (κ1) is 13.0. The lowest BCUT2D eigenvalue weighted by atomic mass is 10.3. The van der Waals surface area contributed by atoms with Crippen molar-refractivity contribution >= 4 is 28.6 Å². The summed E-state index contributed by atoms with van der Waals surface area (Å²) in [5.41, 5.74) is 9.74. The van der Waals surface area contributed by atoms with E-state index in [0.29, 0.717) is 23.9 Å². The number of aryl methyl sites for hydroxylation is 2. The first-order valence-corrected chi connectivity index (χ1v) is 6.65. The Kier molecular flexibility index (Phi) is 3.98. The molecule has 2 rings (SSSR count). The highest BCUT2D eigenvalue weighted by Gasteiger charge is 2.09. The zero-order chi connectivity index (χ0) is 13.1. The summed E-state index contributed by atoms with van der Waals surface area (Å²) in [5.74, 6) is 0.342. The average Bonchev–Trinajstić information content (AvgIpc) is 2.71. The molecule has 0 aromatic carbocycles. The molecule has 0 bridgehead atoms. The van der Waals surface area contributed by atoms with Crippen LogP contribution in [0, 0.1) is 13.8 Å². The summed E-state index contributed by atoms with van der Waals surface area (Å²) in [6.45, 7) is 4.23. The Bertz CT molecular complexity index is 558. The largest absolute Gasteiger partial charge is 0.476 e. The molecule has 2 N–H and O–H groups in total. The quantitative estimate of drug-likeness (QED) is 0.873. The third-order valence-corrected chi connectivity index (χ3v) is 3.65. The van der Waals surface area contributed by atoms with Crippen LogP contribution in [0.3, 0.4) is 0 Å². The molecule has 0 amide bonds. The predicted octanol–water partition coefficient (Wildman–Crippen LogP) is 2.41. The van der Waals surface area contributed by atoms with Crippen LogP contribution >= 0.6 is 22.9 Å². The van der Waals surface area contributed by atoms with Gasteiger partial charge in [0.2, 0.25) is 11.2 Å². The second-order valence-corrected chi connectivity index (χ2v) is 5.03. The van der Waals surface area contributed by atoms with Crippen LogP contribution in [0.15, 0.2) is 5.51 Å². The number of halogens is 1. The van der Waals surface area contributed by atoms with Crippen molar-refractivity contribution in [1.82, 2.24) is 15.0 Å². The zero-order valence-corrected chi connectivity index (χ0v) is 11.7. The van der Waals surface area contributed by atoms with E-state index in [1.54, 1.807) is 18.3 Å². The fourth-order valence-electron chi connectivity index (χ4n) is 1.44. The second-order valence-electron chi connectivity index (χ2n) is 3.76. The molecular formula is C11H13ClN4OS. The first-order chi connectivity index (χ1) is 8.58.